The maximum absolute atomic E-state index is 10.8. The predicted molar refractivity (Wildman–Crippen MR) is 50.4 cm³/mol. The average molecular weight is 282 g/mol. The topological polar surface area (TPSA) is 26.3 Å². The molecule has 0 aromatic heterocycles. The van der Waals surface area contributed by atoms with Gasteiger partial charge in [-0.2, -0.15) is 0 Å². The number of rotatable bonds is 1. The molecule has 0 fully saturated rings. The third-order valence-electron chi connectivity index (χ3n) is 1.15. The first-order chi connectivity index (χ1) is 5.24. The number of carbonyl (C=O) groups excluding carboxylic acids is 1. The van der Waals surface area contributed by atoms with Crippen molar-refractivity contribution in [2.75, 3.05) is 0 Å². The van der Waals surface area contributed by atoms with E-state index in [-0.39, 0.29) is 0 Å². The van der Waals surface area contributed by atoms with Gasteiger partial charge in [0, 0.05) is 3.57 Å². The second-order valence-electron chi connectivity index (χ2n) is 1.87. The van der Waals surface area contributed by atoms with Gasteiger partial charge < -0.3 is 4.29 Å². The minimum absolute atomic E-state index is 0.459. The van der Waals surface area contributed by atoms with Gasteiger partial charge in [0.15, 0.2) is 0 Å². The SMILES string of the molecule is O=C(OCl)c1ccc(I)cc1. The highest BCUT2D eigenvalue weighted by atomic mass is 127. The minimum Gasteiger partial charge on any atom is -0.343 e. The summed E-state index contributed by atoms with van der Waals surface area (Å²) in [6.45, 7) is 0. The van der Waals surface area contributed by atoms with Crippen molar-refractivity contribution in [3.63, 3.8) is 0 Å². The van der Waals surface area contributed by atoms with Crippen LogP contribution in [-0.4, -0.2) is 5.97 Å². The van der Waals surface area contributed by atoms with Crippen molar-refractivity contribution in [1.82, 2.24) is 0 Å². The van der Waals surface area contributed by atoms with Crippen LogP contribution < -0.4 is 0 Å². The predicted octanol–water partition coefficient (Wildman–Crippen LogP) is 2.60. The number of halogens is 2. The van der Waals surface area contributed by atoms with E-state index >= 15 is 0 Å². The largest absolute Gasteiger partial charge is 0.356 e. The van der Waals surface area contributed by atoms with Crippen LogP contribution in [0.1, 0.15) is 10.4 Å². The van der Waals surface area contributed by atoms with Gasteiger partial charge in [0.2, 0.25) is 0 Å². The molecule has 1 aromatic rings. The third-order valence-corrected chi connectivity index (χ3v) is 2.01. The van der Waals surface area contributed by atoms with E-state index in [1.54, 1.807) is 12.1 Å². The lowest BCUT2D eigenvalue weighted by molar-refractivity contribution is 0.0751. The van der Waals surface area contributed by atoms with Gasteiger partial charge in [-0.15, -0.1) is 0 Å². The van der Waals surface area contributed by atoms with E-state index in [4.69, 9.17) is 11.9 Å². The fourth-order valence-electron chi connectivity index (χ4n) is 0.631. The summed E-state index contributed by atoms with van der Waals surface area (Å²) in [7, 11) is 0. The van der Waals surface area contributed by atoms with Crippen molar-refractivity contribution in [2.45, 2.75) is 0 Å². The summed E-state index contributed by atoms with van der Waals surface area (Å²) in [5.41, 5.74) is 0.459. The van der Waals surface area contributed by atoms with Gasteiger partial charge in [0.05, 0.1) is 5.56 Å². The molecule has 0 saturated heterocycles. The lowest BCUT2D eigenvalue weighted by atomic mass is 10.2. The molecule has 0 amide bonds. The first-order valence-electron chi connectivity index (χ1n) is 2.82. The number of carbonyl (C=O) groups is 1. The molecule has 0 aliphatic carbocycles. The smallest absolute Gasteiger partial charge is 0.343 e. The molecule has 0 unspecified atom stereocenters. The fraction of sp³-hybridized carbons (Fsp3) is 0. The van der Waals surface area contributed by atoms with E-state index in [0.717, 1.165) is 3.57 Å². The molecule has 1 aromatic carbocycles. The molecule has 0 heterocycles. The summed E-state index contributed by atoms with van der Waals surface area (Å²) in [5.74, 6) is -0.525. The van der Waals surface area contributed by atoms with E-state index in [0.29, 0.717) is 5.56 Å². The van der Waals surface area contributed by atoms with Gasteiger partial charge in [-0.3, -0.25) is 0 Å². The van der Waals surface area contributed by atoms with Crippen molar-refractivity contribution in [3.05, 3.63) is 33.4 Å². The van der Waals surface area contributed by atoms with Crippen LogP contribution in [-0.2, 0) is 4.29 Å². The highest BCUT2D eigenvalue weighted by Crippen LogP contribution is 2.08. The van der Waals surface area contributed by atoms with Gasteiger partial charge in [-0.25, -0.2) is 4.79 Å². The summed E-state index contributed by atoms with van der Waals surface area (Å²) in [6.07, 6.45) is 0. The van der Waals surface area contributed by atoms with Crippen molar-refractivity contribution in [1.29, 1.82) is 0 Å². The molecular weight excluding hydrogens is 278 g/mol. The zero-order valence-electron chi connectivity index (χ0n) is 5.38. The van der Waals surface area contributed by atoms with Crippen LogP contribution in [0.4, 0.5) is 0 Å². The van der Waals surface area contributed by atoms with Crippen LogP contribution in [0, 0.1) is 3.57 Å². The van der Waals surface area contributed by atoms with E-state index in [1.807, 2.05) is 12.1 Å². The Morgan fingerprint density at radius 2 is 1.91 bits per heavy atom. The van der Waals surface area contributed by atoms with E-state index in [2.05, 4.69) is 26.9 Å². The second kappa shape index (κ2) is 3.92. The normalized spacial score (nSPS) is 9.27. The highest BCUT2D eigenvalue weighted by molar-refractivity contribution is 14.1. The molecule has 4 heteroatoms. The monoisotopic (exact) mass is 282 g/mol. The lowest BCUT2D eigenvalue weighted by Crippen LogP contribution is -1.96. The van der Waals surface area contributed by atoms with Crippen molar-refractivity contribution in [3.8, 4) is 0 Å². The molecule has 0 atom stereocenters. The van der Waals surface area contributed by atoms with E-state index in [9.17, 15) is 4.79 Å². The minimum atomic E-state index is -0.525. The Kier molecular flexibility index (Phi) is 3.14. The fourth-order valence-corrected chi connectivity index (χ4v) is 1.08. The van der Waals surface area contributed by atoms with Crippen LogP contribution >= 0.6 is 34.5 Å². The second-order valence-corrected chi connectivity index (χ2v) is 3.27. The molecule has 2 nitrogen and oxygen atoms in total. The summed E-state index contributed by atoms with van der Waals surface area (Å²) < 4.78 is 5.07. The van der Waals surface area contributed by atoms with E-state index < -0.39 is 5.97 Å². The Labute approximate surface area is 82.8 Å². The molecule has 0 saturated carbocycles. The molecule has 0 radical (unpaired) electrons. The first-order valence-corrected chi connectivity index (χ1v) is 4.21. The quantitative estimate of drug-likeness (QED) is 0.740. The van der Waals surface area contributed by atoms with Gasteiger partial charge in [0.25, 0.3) is 0 Å². The molecule has 1 rings (SSSR count). The van der Waals surface area contributed by atoms with Crippen LogP contribution in [0.3, 0.4) is 0 Å². The number of benzene rings is 1. The molecule has 0 aliphatic heterocycles. The van der Waals surface area contributed by atoms with Gasteiger partial charge in [-0.1, -0.05) is 0 Å². The Morgan fingerprint density at radius 3 is 2.36 bits per heavy atom. The summed E-state index contributed by atoms with van der Waals surface area (Å²) in [4.78, 5) is 10.8. The Hall–Kier alpha value is -0.290. The van der Waals surface area contributed by atoms with Crippen LogP contribution in [0.5, 0.6) is 0 Å². The average Bonchev–Trinajstić information content (AvgIpc) is 2.05. The summed E-state index contributed by atoms with van der Waals surface area (Å²) >= 11 is 7.02. The molecule has 0 aliphatic rings. The third kappa shape index (κ3) is 2.34. The van der Waals surface area contributed by atoms with Crippen molar-refractivity contribution >= 4 is 40.4 Å². The van der Waals surface area contributed by atoms with Crippen LogP contribution in [0.2, 0.25) is 0 Å². The van der Waals surface area contributed by atoms with Crippen LogP contribution in [0.25, 0.3) is 0 Å². The zero-order valence-corrected chi connectivity index (χ0v) is 8.30. The highest BCUT2D eigenvalue weighted by Gasteiger charge is 2.04. The number of hydrogen-bond acceptors (Lipinski definition) is 2. The molecular formula is C7H4ClIO2. The lowest BCUT2D eigenvalue weighted by Gasteiger charge is -1.94. The summed E-state index contributed by atoms with van der Waals surface area (Å²) in [5, 5.41) is 0. The maximum atomic E-state index is 10.8. The number of hydrogen-bond donors (Lipinski definition) is 0. The molecule has 0 N–H and O–H groups in total. The molecule has 0 spiro atoms. The molecule has 11 heavy (non-hydrogen) atoms. The van der Waals surface area contributed by atoms with E-state index in [1.165, 1.54) is 0 Å². The zero-order chi connectivity index (χ0) is 8.27. The standard InChI is InChI=1S/C7H4ClIO2/c8-11-7(10)5-1-3-6(9)4-2-5/h1-4H. The molecule has 0 bridgehead atoms. The molecule has 58 valence electrons. The van der Waals surface area contributed by atoms with Crippen LogP contribution in [0.15, 0.2) is 24.3 Å². The van der Waals surface area contributed by atoms with Gasteiger partial charge in [0.1, 0.15) is 11.9 Å². The Morgan fingerprint density at radius 1 is 1.36 bits per heavy atom. The van der Waals surface area contributed by atoms with Gasteiger partial charge in [-0.05, 0) is 46.9 Å². The Bertz CT molecular complexity index is 258. The van der Waals surface area contributed by atoms with Crippen molar-refractivity contribution < 1.29 is 9.08 Å². The van der Waals surface area contributed by atoms with Gasteiger partial charge >= 0.3 is 5.97 Å². The maximum Gasteiger partial charge on any atom is 0.356 e. The summed E-state index contributed by atoms with van der Waals surface area (Å²) in [6, 6.07) is 6.94. The Balaban J connectivity index is 2.90. The first kappa shape index (κ1) is 8.80. The van der Waals surface area contributed by atoms with Crippen molar-refractivity contribution in [2.24, 2.45) is 0 Å².